The summed E-state index contributed by atoms with van der Waals surface area (Å²) in [7, 11) is -0.674. The largest absolute Gasteiger partial charge is 0.368 e. The minimum Gasteiger partial charge on any atom is -0.368 e. The minimum atomic E-state index is -0.962. The summed E-state index contributed by atoms with van der Waals surface area (Å²) in [6.45, 7) is 5.31. The molecule has 1 aliphatic rings. The molecule has 0 aromatic heterocycles. The first-order valence-electron chi connectivity index (χ1n) is 5.51. The first-order valence-corrected chi connectivity index (χ1v) is 6.99. The van der Waals surface area contributed by atoms with Crippen LogP contribution in [0.25, 0.3) is 0 Å². The van der Waals surface area contributed by atoms with Gasteiger partial charge in [-0.2, -0.15) is 0 Å². The molecule has 0 aromatic rings. The SMILES string of the molecule is CC(CC(C)(N)C(N)=O)N1CCS(=O)CC1. The van der Waals surface area contributed by atoms with E-state index in [1.165, 1.54) is 0 Å². The number of carbonyl (C=O) groups excluding carboxylic acids is 1. The van der Waals surface area contributed by atoms with Crippen molar-refractivity contribution in [2.45, 2.75) is 31.8 Å². The highest BCUT2D eigenvalue weighted by molar-refractivity contribution is 7.85. The zero-order valence-electron chi connectivity index (χ0n) is 9.94. The lowest BCUT2D eigenvalue weighted by Gasteiger charge is -2.35. The van der Waals surface area contributed by atoms with Crippen molar-refractivity contribution in [1.82, 2.24) is 4.90 Å². The van der Waals surface area contributed by atoms with Crippen molar-refractivity contribution in [2.24, 2.45) is 11.5 Å². The van der Waals surface area contributed by atoms with E-state index in [1.807, 2.05) is 6.92 Å². The zero-order chi connectivity index (χ0) is 12.3. The lowest BCUT2D eigenvalue weighted by Crippen LogP contribution is -2.54. The van der Waals surface area contributed by atoms with Crippen LogP contribution >= 0.6 is 0 Å². The number of primary amides is 1. The molecule has 94 valence electrons. The summed E-state index contributed by atoms with van der Waals surface area (Å²) < 4.78 is 11.2. The number of hydrogen-bond donors (Lipinski definition) is 2. The van der Waals surface area contributed by atoms with Crippen molar-refractivity contribution in [2.75, 3.05) is 24.6 Å². The van der Waals surface area contributed by atoms with Gasteiger partial charge >= 0.3 is 0 Å². The molecule has 1 saturated heterocycles. The maximum Gasteiger partial charge on any atom is 0.237 e. The van der Waals surface area contributed by atoms with Crippen molar-refractivity contribution in [3.63, 3.8) is 0 Å². The van der Waals surface area contributed by atoms with Crippen molar-refractivity contribution in [1.29, 1.82) is 0 Å². The molecule has 1 rings (SSSR count). The Hall–Kier alpha value is -0.460. The molecule has 1 amide bonds. The summed E-state index contributed by atoms with van der Waals surface area (Å²) in [5, 5.41) is 0. The van der Waals surface area contributed by atoms with Crippen LogP contribution in [0.2, 0.25) is 0 Å². The number of amides is 1. The molecular weight excluding hydrogens is 226 g/mol. The van der Waals surface area contributed by atoms with Crippen molar-refractivity contribution < 1.29 is 9.00 Å². The summed E-state index contributed by atoms with van der Waals surface area (Å²) in [5.41, 5.74) is 10.1. The molecule has 5 nitrogen and oxygen atoms in total. The van der Waals surface area contributed by atoms with E-state index in [-0.39, 0.29) is 6.04 Å². The Morgan fingerprint density at radius 2 is 2.00 bits per heavy atom. The van der Waals surface area contributed by atoms with E-state index in [0.717, 1.165) is 13.1 Å². The number of nitrogens with zero attached hydrogens (tertiary/aromatic N) is 1. The number of rotatable bonds is 4. The van der Waals surface area contributed by atoms with Gasteiger partial charge in [-0.25, -0.2) is 0 Å². The standard InChI is InChI=1S/C10H21N3O2S/c1-8(7-10(2,12)9(11)14)13-3-5-16(15)6-4-13/h8H,3-7,12H2,1-2H3,(H2,11,14). The van der Waals surface area contributed by atoms with Gasteiger partial charge in [0.05, 0.1) is 5.54 Å². The molecule has 0 aliphatic carbocycles. The van der Waals surface area contributed by atoms with Crippen LogP contribution in [0.15, 0.2) is 0 Å². The van der Waals surface area contributed by atoms with Gasteiger partial charge in [-0.1, -0.05) is 0 Å². The molecule has 6 heteroatoms. The van der Waals surface area contributed by atoms with Gasteiger partial charge in [0.25, 0.3) is 0 Å². The fourth-order valence-electron chi connectivity index (χ4n) is 1.94. The second kappa shape index (κ2) is 5.25. The van der Waals surface area contributed by atoms with Gasteiger partial charge in [0.15, 0.2) is 0 Å². The molecule has 2 atom stereocenters. The molecule has 0 saturated carbocycles. The Kier molecular flexibility index (Phi) is 4.46. The van der Waals surface area contributed by atoms with Gasteiger partial charge in [0, 0.05) is 41.4 Å². The third-order valence-corrected chi connectivity index (χ3v) is 4.39. The average molecular weight is 247 g/mol. The first-order chi connectivity index (χ1) is 7.33. The third kappa shape index (κ3) is 3.54. The minimum absolute atomic E-state index is 0.194. The fourth-order valence-corrected chi connectivity index (χ4v) is 3.02. The molecule has 0 spiro atoms. The highest BCUT2D eigenvalue weighted by atomic mass is 32.2. The van der Waals surface area contributed by atoms with Crippen molar-refractivity contribution >= 4 is 16.7 Å². The number of carbonyl (C=O) groups is 1. The average Bonchev–Trinajstić information content (AvgIpc) is 2.17. The molecule has 1 aliphatic heterocycles. The van der Waals surface area contributed by atoms with Crippen LogP contribution in [0.4, 0.5) is 0 Å². The number of nitrogens with two attached hydrogens (primary N) is 2. The predicted octanol–water partition coefficient (Wildman–Crippen LogP) is -0.968. The molecule has 1 fully saturated rings. The molecule has 4 N–H and O–H groups in total. The van der Waals surface area contributed by atoms with Gasteiger partial charge in [0.2, 0.25) is 5.91 Å². The van der Waals surface area contributed by atoms with E-state index in [0.29, 0.717) is 17.9 Å². The van der Waals surface area contributed by atoms with Gasteiger partial charge in [-0.3, -0.25) is 13.9 Å². The van der Waals surface area contributed by atoms with Gasteiger partial charge < -0.3 is 11.5 Å². The maximum atomic E-state index is 11.2. The monoisotopic (exact) mass is 247 g/mol. The quantitative estimate of drug-likeness (QED) is 0.669. The second-order valence-corrected chi connectivity index (χ2v) is 6.42. The second-order valence-electron chi connectivity index (χ2n) is 4.72. The van der Waals surface area contributed by atoms with E-state index < -0.39 is 22.2 Å². The first kappa shape index (κ1) is 13.6. The normalized spacial score (nSPS) is 24.9. The van der Waals surface area contributed by atoms with Crippen LogP contribution in [0.3, 0.4) is 0 Å². The van der Waals surface area contributed by atoms with E-state index in [4.69, 9.17) is 11.5 Å². The van der Waals surface area contributed by atoms with E-state index in [2.05, 4.69) is 4.90 Å². The van der Waals surface area contributed by atoms with Crippen molar-refractivity contribution in [3.8, 4) is 0 Å². The zero-order valence-corrected chi connectivity index (χ0v) is 10.8. The molecule has 0 aromatic carbocycles. The topological polar surface area (TPSA) is 89.4 Å². The summed E-state index contributed by atoms with van der Waals surface area (Å²) in [6.07, 6.45) is 0.537. The lowest BCUT2D eigenvalue weighted by molar-refractivity contribution is -0.123. The Bertz CT molecular complexity index is 284. The lowest BCUT2D eigenvalue weighted by atomic mass is 9.93. The Labute approximate surface area is 99.0 Å². The van der Waals surface area contributed by atoms with E-state index in [9.17, 15) is 9.00 Å². The molecular formula is C10H21N3O2S. The third-order valence-electron chi connectivity index (χ3n) is 3.12. The van der Waals surface area contributed by atoms with Gasteiger partial charge in [0.1, 0.15) is 0 Å². The summed E-state index contributed by atoms with van der Waals surface area (Å²) in [4.78, 5) is 13.3. The summed E-state index contributed by atoms with van der Waals surface area (Å²) >= 11 is 0. The molecule has 16 heavy (non-hydrogen) atoms. The molecule has 0 radical (unpaired) electrons. The van der Waals surface area contributed by atoms with Crippen LogP contribution in [-0.4, -0.2) is 51.2 Å². The Balaban J connectivity index is 2.49. The molecule has 1 heterocycles. The van der Waals surface area contributed by atoms with Crippen LogP contribution in [0.5, 0.6) is 0 Å². The molecule has 2 unspecified atom stereocenters. The Morgan fingerprint density at radius 3 is 2.44 bits per heavy atom. The molecule has 0 bridgehead atoms. The number of hydrogen-bond acceptors (Lipinski definition) is 4. The van der Waals surface area contributed by atoms with E-state index >= 15 is 0 Å². The van der Waals surface area contributed by atoms with Crippen molar-refractivity contribution in [3.05, 3.63) is 0 Å². The summed E-state index contributed by atoms with van der Waals surface area (Å²) in [5.74, 6) is 0.949. The fraction of sp³-hybridized carbons (Fsp3) is 0.900. The smallest absolute Gasteiger partial charge is 0.237 e. The van der Waals surface area contributed by atoms with Gasteiger partial charge in [-0.15, -0.1) is 0 Å². The Morgan fingerprint density at radius 1 is 1.50 bits per heavy atom. The predicted molar refractivity (Wildman–Crippen MR) is 65.3 cm³/mol. The highest BCUT2D eigenvalue weighted by Crippen LogP contribution is 2.15. The maximum absolute atomic E-state index is 11.2. The van der Waals surface area contributed by atoms with E-state index in [1.54, 1.807) is 6.92 Å². The van der Waals surface area contributed by atoms with Crippen LogP contribution in [0.1, 0.15) is 20.3 Å². The van der Waals surface area contributed by atoms with Crippen LogP contribution in [0, 0.1) is 0 Å². The van der Waals surface area contributed by atoms with Gasteiger partial charge in [-0.05, 0) is 20.3 Å². The van der Waals surface area contributed by atoms with Crippen LogP contribution < -0.4 is 11.5 Å². The van der Waals surface area contributed by atoms with Crippen LogP contribution in [-0.2, 0) is 15.6 Å². The highest BCUT2D eigenvalue weighted by Gasteiger charge is 2.31. The summed E-state index contributed by atoms with van der Waals surface area (Å²) in [6, 6.07) is 0.194.